The minimum Gasteiger partial charge on any atom is -0.387 e. The van der Waals surface area contributed by atoms with E-state index in [4.69, 9.17) is 0 Å². The van der Waals surface area contributed by atoms with Gasteiger partial charge < -0.3 is 5.11 Å². The molecule has 3 rings (SSSR count). The highest BCUT2D eigenvalue weighted by Crippen LogP contribution is 2.67. The molecular weight excluding hydrogens is 244 g/mol. The molecule has 2 bridgehead atoms. The van der Waals surface area contributed by atoms with Crippen LogP contribution in [-0.2, 0) is 4.79 Å². The van der Waals surface area contributed by atoms with Gasteiger partial charge in [0.05, 0.1) is 12.0 Å². The van der Waals surface area contributed by atoms with E-state index in [9.17, 15) is 9.90 Å². The number of aliphatic hydroxyl groups is 1. The lowest BCUT2D eigenvalue weighted by Crippen LogP contribution is -2.34. The fourth-order valence-corrected chi connectivity index (χ4v) is 4.91. The molecule has 0 amide bonds. The van der Waals surface area contributed by atoms with E-state index < -0.39 is 6.10 Å². The highest BCUT2D eigenvalue weighted by atomic mass is 32.1. The second kappa shape index (κ2) is 3.67. The predicted molar refractivity (Wildman–Crippen MR) is 72.4 cm³/mol. The Bertz CT molecular complexity index is 477. The summed E-state index contributed by atoms with van der Waals surface area (Å²) < 4.78 is 0. The Labute approximate surface area is 112 Å². The van der Waals surface area contributed by atoms with Crippen molar-refractivity contribution in [1.29, 1.82) is 0 Å². The van der Waals surface area contributed by atoms with Gasteiger partial charge in [0.1, 0.15) is 5.78 Å². The smallest absolute Gasteiger partial charge is 0.145 e. The minimum atomic E-state index is -0.608. The molecule has 2 saturated carbocycles. The quantitative estimate of drug-likeness (QED) is 0.888. The first-order chi connectivity index (χ1) is 8.39. The lowest BCUT2D eigenvalue weighted by atomic mass is 9.70. The third-order valence-electron chi connectivity index (χ3n) is 5.76. The summed E-state index contributed by atoms with van der Waals surface area (Å²) in [7, 11) is 0. The van der Waals surface area contributed by atoms with E-state index in [-0.39, 0.29) is 22.5 Å². The molecule has 0 radical (unpaired) electrons. The molecule has 1 N–H and O–H groups in total. The second-order valence-corrected chi connectivity index (χ2v) is 7.53. The van der Waals surface area contributed by atoms with Crippen molar-refractivity contribution in [2.24, 2.45) is 22.7 Å². The van der Waals surface area contributed by atoms with Crippen LogP contribution in [0.25, 0.3) is 0 Å². The van der Waals surface area contributed by atoms with Crippen LogP contribution >= 0.6 is 11.3 Å². The number of hydrogen-bond donors (Lipinski definition) is 1. The van der Waals surface area contributed by atoms with Crippen molar-refractivity contribution in [1.82, 2.24) is 0 Å². The number of carbonyl (C=O) groups excluding carboxylic acids is 1. The molecule has 2 nitrogen and oxygen atoms in total. The van der Waals surface area contributed by atoms with Gasteiger partial charge in [0.2, 0.25) is 0 Å². The maximum atomic E-state index is 12.7. The van der Waals surface area contributed by atoms with Gasteiger partial charge >= 0.3 is 0 Å². The van der Waals surface area contributed by atoms with Crippen LogP contribution in [0.2, 0.25) is 0 Å². The number of thiophene rings is 1. The summed E-state index contributed by atoms with van der Waals surface area (Å²) in [6.07, 6.45) is 1.45. The number of Topliss-reactive ketones (excluding diaryl/α,β-unsaturated/α-hetero) is 1. The summed E-state index contributed by atoms with van der Waals surface area (Å²) in [5.41, 5.74) is -0.215. The first-order valence-corrected chi connectivity index (χ1v) is 7.53. The van der Waals surface area contributed by atoms with Gasteiger partial charge in [-0.3, -0.25) is 4.79 Å². The van der Waals surface area contributed by atoms with Crippen molar-refractivity contribution in [2.45, 2.75) is 39.7 Å². The molecule has 3 heteroatoms. The van der Waals surface area contributed by atoms with Crippen LogP contribution in [0.1, 0.15) is 44.6 Å². The maximum absolute atomic E-state index is 12.7. The fourth-order valence-electron chi connectivity index (χ4n) is 4.16. The predicted octanol–water partition coefficient (Wildman–Crippen LogP) is 3.42. The molecule has 2 aliphatic rings. The lowest BCUT2D eigenvalue weighted by molar-refractivity contribution is -0.135. The monoisotopic (exact) mass is 264 g/mol. The van der Waals surface area contributed by atoms with Gasteiger partial charge in [0.15, 0.2) is 0 Å². The first-order valence-electron chi connectivity index (χ1n) is 6.65. The van der Waals surface area contributed by atoms with Crippen LogP contribution in [0.4, 0.5) is 0 Å². The van der Waals surface area contributed by atoms with Crippen LogP contribution in [0.15, 0.2) is 17.5 Å². The molecule has 18 heavy (non-hydrogen) atoms. The average molecular weight is 264 g/mol. The van der Waals surface area contributed by atoms with Gasteiger partial charge in [0, 0.05) is 10.3 Å². The van der Waals surface area contributed by atoms with Crippen LogP contribution in [0.3, 0.4) is 0 Å². The minimum absolute atomic E-state index is 0.0208. The van der Waals surface area contributed by atoms with Gasteiger partial charge in [-0.2, -0.15) is 0 Å². The largest absolute Gasteiger partial charge is 0.387 e. The lowest BCUT2D eigenvalue weighted by Gasteiger charge is -2.32. The molecule has 1 aromatic heterocycles. The van der Waals surface area contributed by atoms with Crippen molar-refractivity contribution in [3.8, 4) is 0 Å². The Morgan fingerprint density at radius 1 is 1.44 bits per heavy atom. The Kier molecular flexibility index (Phi) is 2.52. The number of carbonyl (C=O) groups is 1. The van der Waals surface area contributed by atoms with Crippen molar-refractivity contribution in [2.75, 3.05) is 0 Å². The highest BCUT2D eigenvalue weighted by molar-refractivity contribution is 7.10. The molecule has 0 spiro atoms. The van der Waals surface area contributed by atoms with Gasteiger partial charge in [-0.05, 0) is 35.6 Å². The molecule has 2 fully saturated rings. The number of ketones is 1. The zero-order chi connectivity index (χ0) is 13.1. The van der Waals surface area contributed by atoms with E-state index in [1.807, 2.05) is 17.5 Å². The Balaban J connectivity index is 1.99. The standard InChI is InChI=1S/C15H20O2S/c1-14(2)9-6-7-15(14,3)13(17)11(9)12(16)10-5-4-8-18-10/h4-5,8-9,11-12,16H,6-7H2,1-3H3/t9-,11+,12+,15+/m1/s1. The zero-order valence-corrected chi connectivity index (χ0v) is 12.0. The molecular formula is C15H20O2S. The number of hydrogen-bond acceptors (Lipinski definition) is 3. The summed E-state index contributed by atoms with van der Waals surface area (Å²) >= 11 is 1.54. The van der Waals surface area contributed by atoms with Crippen LogP contribution in [0, 0.1) is 22.7 Å². The van der Waals surface area contributed by atoms with Crippen LogP contribution in [-0.4, -0.2) is 10.9 Å². The van der Waals surface area contributed by atoms with E-state index >= 15 is 0 Å². The Morgan fingerprint density at radius 3 is 2.67 bits per heavy atom. The summed E-state index contributed by atoms with van der Waals surface area (Å²) in [6.45, 7) is 6.49. The molecule has 0 aromatic carbocycles. The molecule has 0 unspecified atom stereocenters. The van der Waals surface area contributed by atoms with Crippen molar-refractivity contribution in [3.63, 3.8) is 0 Å². The highest BCUT2D eigenvalue weighted by Gasteiger charge is 2.67. The van der Waals surface area contributed by atoms with E-state index in [1.165, 1.54) is 0 Å². The van der Waals surface area contributed by atoms with Crippen molar-refractivity contribution in [3.05, 3.63) is 22.4 Å². The fraction of sp³-hybridized carbons (Fsp3) is 0.667. The third kappa shape index (κ3) is 1.29. The average Bonchev–Trinajstić information content (AvgIpc) is 2.94. The summed E-state index contributed by atoms with van der Waals surface area (Å²) in [4.78, 5) is 13.6. The number of aliphatic hydroxyl groups excluding tert-OH is 1. The summed E-state index contributed by atoms with van der Waals surface area (Å²) in [6, 6.07) is 3.87. The molecule has 1 heterocycles. The number of rotatable bonds is 2. The van der Waals surface area contributed by atoms with E-state index in [1.54, 1.807) is 11.3 Å². The molecule has 2 aliphatic carbocycles. The van der Waals surface area contributed by atoms with Gasteiger partial charge in [-0.25, -0.2) is 0 Å². The van der Waals surface area contributed by atoms with E-state index in [0.29, 0.717) is 5.92 Å². The van der Waals surface area contributed by atoms with Gasteiger partial charge in [-0.1, -0.05) is 26.8 Å². The van der Waals surface area contributed by atoms with Gasteiger partial charge in [-0.15, -0.1) is 11.3 Å². The Hall–Kier alpha value is -0.670. The summed E-state index contributed by atoms with van der Waals surface area (Å²) in [5, 5.41) is 12.5. The number of fused-ring (bicyclic) bond motifs is 2. The van der Waals surface area contributed by atoms with E-state index in [2.05, 4.69) is 20.8 Å². The molecule has 4 atom stereocenters. The normalized spacial score (nSPS) is 39.2. The third-order valence-corrected chi connectivity index (χ3v) is 6.70. The zero-order valence-electron chi connectivity index (χ0n) is 11.1. The molecule has 0 aliphatic heterocycles. The van der Waals surface area contributed by atoms with E-state index in [0.717, 1.165) is 17.7 Å². The topological polar surface area (TPSA) is 37.3 Å². The maximum Gasteiger partial charge on any atom is 0.145 e. The van der Waals surface area contributed by atoms with Gasteiger partial charge in [0.25, 0.3) is 0 Å². The van der Waals surface area contributed by atoms with Crippen molar-refractivity contribution < 1.29 is 9.90 Å². The molecule has 98 valence electrons. The molecule has 0 saturated heterocycles. The Morgan fingerprint density at radius 2 is 2.17 bits per heavy atom. The molecule has 1 aromatic rings. The van der Waals surface area contributed by atoms with Crippen LogP contribution in [0.5, 0.6) is 0 Å². The summed E-state index contributed by atoms with van der Waals surface area (Å²) in [5.74, 6) is 0.411. The first kappa shape index (κ1) is 12.4. The van der Waals surface area contributed by atoms with Crippen LogP contribution < -0.4 is 0 Å². The van der Waals surface area contributed by atoms with Crippen molar-refractivity contribution >= 4 is 17.1 Å². The second-order valence-electron chi connectivity index (χ2n) is 6.55. The SMILES string of the molecule is CC1(C)[C@@H]2CC[C@@]1(C)C(=O)[C@@H]2[C@@H](O)c1cccs1.